The number of rotatable bonds is 4. The minimum absolute atomic E-state index is 0.563. The van der Waals surface area contributed by atoms with Crippen molar-refractivity contribution in [1.29, 1.82) is 0 Å². The van der Waals surface area contributed by atoms with Crippen molar-refractivity contribution < 1.29 is 4.74 Å². The second kappa shape index (κ2) is 5.37. The first-order valence-corrected chi connectivity index (χ1v) is 6.90. The monoisotopic (exact) mass is 266 g/mol. The van der Waals surface area contributed by atoms with Crippen molar-refractivity contribution in [2.75, 3.05) is 0 Å². The van der Waals surface area contributed by atoms with E-state index in [1.54, 1.807) is 12.4 Å². The Morgan fingerprint density at radius 3 is 2.85 bits per heavy atom. The molecule has 3 nitrogen and oxygen atoms in total. The molecule has 3 heteroatoms. The SMILES string of the molecule is CCn1c(COc2cccnc2)cc2c(C)cccc21. The number of fused-ring (bicyclic) bond motifs is 1. The third-order valence-corrected chi connectivity index (χ3v) is 3.59. The molecule has 0 saturated carbocycles. The Labute approximate surface area is 118 Å². The molecule has 0 amide bonds. The van der Waals surface area contributed by atoms with Gasteiger partial charge >= 0.3 is 0 Å². The molecule has 0 saturated heterocycles. The first-order valence-electron chi connectivity index (χ1n) is 6.90. The Bertz CT molecular complexity index is 716. The fraction of sp³-hybridized carbons (Fsp3) is 0.235. The maximum Gasteiger partial charge on any atom is 0.138 e. The minimum Gasteiger partial charge on any atom is -0.486 e. The van der Waals surface area contributed by atoms with Gasteiger partial charge in [-0.3, -0.25) is 4.98 Å². The molecule has 20 heavy (non-hydrogen) atoms. The summed E-state index contributed by atoms with van der Waals surface area (Å²) in [7, 11) is 0. The van der Waals surface area contributed by atoms with Crippen LogP contribution in [0.1, 0.15) is 18.2 Å². The van der Waals surface area contributed by atoms with Gasteiger partial charge in [-0.25, -0.2) is 0 Å². The number of pyridine rings is 1. The lowest BCUT2D eigenvalue weighted by Crippen LogP contribution is -2.04. The molecular weight excluding hydrogens is 248 g/mol. The van der Waals surface area contributed by atoms with E-state index in [9.17, 15) is 0 Å². The standard InChI is InChI=1S/C17H18N2O/c1-3-19-14(12-20-15-7-5-9-18-11-15)10-16-13(2)6-4-8-17(16)19/h4-11H,3,12H2,1-2H3. The molecule has 0 aliphatic carbocycles. The van der Waals surface area contributed by atoms with Gasteiger partial charge in [0.05, 0.1) is 11.9 Å². The third kappa shape index (κ3) is 2.27. The van der Waals surface area contributed by atoms with Crippen LogP contribution < -0.4 is 4.74 Å². The van der Waals surface area contributed by atoms with Crippen LogP contribution >= 0.6 is 0 Å². The van der Waals surface area contributed by atoms with Crippen LogP contribution in [-0.2, 0) is 13.2 Å². The van der Waals surface area contributed by atoms with Gasteiger partial charge in [0.15, 0.2) is 0 Å². The van der Waals surface area contributed by atoms with Crippen LogP contribution in [-0.4, -0.2) is 9.55 Å². The Kier molecular flexibility index (Phi) is 3.42. The van der Waals surface area contributed by atoms with E-state index in [-0.39, 0.29) is 0 Å². The summed E-state index contributed by atoms with van der Waals surface area (Å²) in [5.74, 6) is 0.803. The van der Waals surface area contributed by atoms with Crippen LogP contribution in [0.5, 0.6) is 5.75 Å². The van der Waals surface area contributed by atoms with Gasteiger partial charge in [-0.15, -0.1) is 0 Å². The van der Waals surface area contributed by atoms with Crippen LogP contribution in [0.15, 0.2) is 48.8 Å². The summed E-state index contributed by atoms with van der Waals surface area (Å²) < 4.78 is 8.12. The molecule has 2 heterocycles. The van der Waals surface area contributed by atoms with Gasteiger partial charge in [-0.05, 0) is 43.7 Å². The van der Waals surface area contributed by atoms with Crippen LogP contribution in [0.3, 0.4) is 0 Å². The van der Waals surface area contributed by atoms with Gasteiger partial charge in [0.2, 0.25) is 0 Å². The molecule has 0 aliphatic heterocycles. The topological polar surface area (TPSA) is 27.1 Å². The highest BCUT2D eigenvalue weighted by molar-refractivity contribution is 5.84. The fourth-order valence-corrected chi connectivity index (χ4v) is 2.57. The molecule has 3 aromatic rings. The van der Waals surface area contributed by atoms with Crippen molar-refractivity contribution >= 4 is 10.9 Å². The number of hydrogen-bond acceptors (Lipinski definition) is 2. The van der Waals surface area contributed by atoms with E-state index in [2.05, 4.69) is 47.7 Å². The Balaban J connectivity index is 1.93. The van der Waals surface area contributed by atoms with Gasteiger partial charge in [0, 0.05) is 23.6 Å². The molecular formula is C17H18N2O. The van der Waals surface area contributed by atoms with Crippen molar-refractivity contribution in [2.24, 2.45) is 0 Å². The number of benzene rings is 1. The zero-order chi connectivity index (χ0) is 13.9. The Hall–Kier alpha value is -2.29. The molecule has 3 rings (SSSR count). The predicted octanol–water partition coefficient (Wildman–Crippen LogP) is 3.94. The minimum atomic E-state index is 0.563. The normalized spacial score (nSPS) is 10.9. The molecule has 0 atom stereocenters. The van der Waals surface area contributed by atoms with E-state index in [1.165, 1.54) is 22.2 Å². The second-order valence-corrected chi connectivity index (χ2v) is 4.87. The lowest BCUT2D eigenvalue weighted by molar-refractivity contribution is 0.295. The van der Waals surface area contributed by atoms with Gasteiger partial charge < -0.3 is 9.30 Å². The van der Waals surface area contributed by atoms with E-state index < -0.39 is 0 Å². The smallest absolute Gasteiger partial charge is 0.138 e. The van der Waals surface area contributed by atoms with Crippen molar-refractivity contribution in [3.63, 3.8) is 0 Å². The average molecular weight is 266 g/mol. The quantitative estimate of drug-likeness (QED) is 0.715. The first kappa shape index (κ1) is 12.7. The largest absolute Gasteiger partial charge is 0.486 e. The highest BCUT2D eigenvalue weighted by Gasteiger charge is 2.09. The summed E-state index contributed by atoms with van der Waals surface area (Å²) in [5, 5.41) is 1.30. The third-order valence-electron chi connectivity index (χ3n) is 3.59. The number of aryl methyl sites for hydroxylation is 2. The lowest BCUT2D eigenvalue weighted by Gasteiger charge is -2.09. The molecule has 0 aliphatic rings. The van der Waals surface area contributed by atoms with Crippen LogP contribution in [0.2, 0.25) is 0 Å². The molecule has 0 N–H and O–H groups in total. The summed E-state index contributed by atoms with van der Waals surface area (Å²) in [6, 6.07) is 12.5. The lowest BCUT2D eigenvalue weighted by atomic mass is 10.1. The van der Waals surface area contributed by atoms with Gasteiger partial charge in [-0.2, -0.15) is 0 Å². The number of nitrogens with zero attached hydrogens (tertiary/aromatic N) is 2. The van der Waals surface area contributed by atoms with E-state index in [0.717, 1.165) is 12.3 Å². The van der Waals surface area contributed by atoms with E-state index in [1.807, 2.05) is 12.1 Å². The highest BCUT2D eigenvalue weighted by atomic mass is 16.5. The fourth-order valence-electron chi connectivity index (χ4n) is 2.57. The Morgan fingerprint density at radius 1 is 1.20 bits per heavy atom. The van der Waals surface area contributed by atoms with Gasteiger partial charge in [0.25, 0.3) is 0 Å². The van der Waals surface area contributed by atoms with Crippen LogP contribution in [0.4, 0.5) is 0 Å². The first-order chi connectivity index (χ1) is 9.79. The summed E-state index contributed by atoms with van der Waals surface area (Å²) in [5.41, 5.74) is 3.77. The molecule has 0 fully saturated rings. The maximum atomic E-state index is 5.82. The zero-order valence-corrected chi connectivity index (χ0v) is 11.8. The van der Waals surface area contributed by atoms with Crippen molar-refractivity contribution in [3.8, 4) is 5.75 Å². The number of aromatic nitrogens is 2. The molecule has 0 spiro atoms. The molecule has 0 bridgehead atoms. The zero-order valence-electron chi connectivity index (χ0n) is 11.8. The maximum absolute atomic E-state index is 5.82. The highest BCUT2D eigenvalue weighted by Crippen LogP contribution is 2.24. The molecule has 1 aromatic carbocycles. The number of ether oxygens (including phenoxy) is 1. The number of hydrogen-bond donors (Lipinski definition) is 0. The van der Waals surface area contributed by atoms with Crippen molar-refractivity contribution in [2.45, 2.75) is 27.0 Å². The van der Waals surface area contributed by atoms with Crippen LogP contribution in [0.25, 0.3) is 10.9 Å². The molecule has 2 aromatic heterocycles. The van der Waals surface area contributed by atoms with E-state index >= 15 is 0 Å². The van der Waals surface area contributed by atoms with Gasteiger partial charge in [-0.1, -0.05) is 12.1 Å². The van der Waals surface area contributed by atoms with E-state index in [4.69, 9.17) is 4.74 Å². The average Bonchev–Trinajstić information content (AvgIpc) is 2.85. The summed E-state index contributed by atoms with van der Waals surface area (Å²) >= 11 is 0. The summed E-state index contributed by atoms with van der Waals surface area (Å²) in [6.45, 7) is 5.82. The van der Waals surface area contributed by atoms with E-state index in [0.29, 0.717) is 6.61 Å². The molecule has 102 valence electrons. The summed E-state index contributed by atoms with van der Waals surface area (Å²) in [6.07, 6.45) is 3.49. The van der Waals surface area contributed by atoms with Crippen molar-refractivity contribution in [3.05, 3.63) is 60.0 Å². The summed E-state index contributed by atoms with van der Waals surface area (Å²) in [4.78, 5) is 4.06. The van der Waals surface area contributed by atoms with Crippen molar-refractivity contribution in [1.82, 2.24) is 9.55 Å². The molecule has 0 unspecified atom stereocenters. The van der Waals surface area contributed by atoms with Crippen LogP contribution in [0, 0.1) is 6.92 Å². The Morgan fingerprint density at radius 2 is 2.10 bits per heavy atom. The second-order valence-electron chi connectivity index (χ2n) is 4.87. The molecule has 0 radical (unpaired) electrons. The predicted molar refractivity (Wildman–Crippen MR) is 80.9 cm³/mol. The van der Waals surface area contributed by atoms with Gasteiger partial charge in [0.1, 0.15) is 12.4 Å².